The van der Waals surface area contributed by atoms with Crippen LogP contribution in [0.4, 0.5) is 0 Å². The SMILES string of the molecule is CC(=O)c1cc([C@@]2(C3CC3)C[C@H]2c2ccccc2)oc1C. The van der Waals surface area contributed by atoms with Crippen LogP contribution in [0.25, 0.3) is 0 Å². The van der Waals surface area contributed by atoms with Gasteiger partial charge < -0.3 is 4.42 Å². The number of aryl methyl sites for hydroxylation is 1. The molecule has 0 spiro atoms. The van der Waals surface area contributed by atoms with Gasteiger partial charge in [-0.2, -0.15) is 0 Å². The van der Waals surface area contributed by atoms with E-state index >= 15 is 0 Å². The molecule has 0 radical (unpaired) electrons. The molecule has 0 bridgehead atoms. The van der Waals surface area contributed by atoms with Crippen molar-refractivity contribution >= 4 is 5.78 Å². The molecule has 1 heterocycles. The molecule has 2 heteroatoms. The zero-order chi connectivity index (χ0) is 14.6. The van der Waals surface area contributed by atoms with Crippen molar-refractivity contribution in [2.75, 3.05) is 0 Å². The lowest BCUT2D eigenvalue weighted by Crippen LogP contribution is -2.11. The molecule has 2 aromatic rings. The lowest BCUT2D eigenvalue weighted by molar-refractivity contribution is 0.101. The Morgan fingerprint density at radius 2 is 1.95 bits per heavy atom. The summed E-state index contributed by atoms with van der Waals surface area (Å²) in [6.45, 7) is 3.52. The van der Waals surface area contributed by atoms with Gasteiger partial charge >= 0.3 is 0 Å². The van der Waals surface area contributed by atoms with E-state index in [-0.39, 0.29) is 11.2 Å². The molecule has 2 saturated carbocycles. The highest BCUT2D eigenvalue weighted by molar-refractivity contribution is 5.95. The highest BCUT2D eigenvalue weighted by Gasteiger charge is 2.65. The molecule has 2 aliphatic carbocycles. The van der Waals surface area contributed by atoms with Crippen molar-refractivity contribution in [2.24, 2.45) is 5.92 Å². The van der Waals surface area contributed by atoms with Crippen LogP contribution in [0, 0.1) is 12.8 Å². The summed E-state index contributed by atoms with van der Waals surface area (Å²) in [6, 6.07) is 12.7. The van der Waals surface area contributed by atoms with Gasteiger partial charge in [0.15, 0.2) is 5.78 Å². The third-order valence-corrected chi connectivity index (χ3v) is 5.27. The van der Waals surface area contributed by atoms with E-state index in [0.717, 1.165) is 29.4 Å². The van der Waals surface area contributed by atoms with Crippen molar-refractivity contribution in [1.82, 2.24) is 0 Å². The maximum absolute atomic E-state index is 11.7. The van der Waals surface area contributed by atoms with Gasteiger partial charge in [0.05, 0.1) is 5.56 Å². The van der Waals surface area contributed by atoms with Crippen LogP contribution in [-0.2, 0) is 5.41 Å². The molecule has 1 aromatic carbocycles. The lowest BCUT2D eigenvalue weighted by atomic mass is 9.90. The van der Waals surface area contributed by atoms with Crippen LogP contribution in [0.5, 0.6) is 0 Å². The summed E-state index contributed by atoms with van der Waals surface area (Å²) in [5.41, 5.74) is 2.31. The largest absolute Gasteiger partial charge is 0.465 e. The van der Waals surface area contributed by atoms with Crippen molar-refractivity contribution < 1.29 is 9.21 Å². The number of benzene rings is 1. The molecule has 2 aliphatic rings. The normalized spacial score (nSPS) is 27.6. The second-order valence-corrected chi connectivity index (χ2v) is 6.62. The number of carbonyl (C=O) groups excluding carboxylic acids is 1. The molecule has 2 fully saturated rings. The number of Topliss-reactive ketones (excluding diaryl/α,β-unsaturated/α-hetero) is 1. The third-order valence-electron chi connectivity index (χ3n) is 5.27. The molecule has 108 valence electrons. The Morgan fingerprint density at radius 3 is 2.52 bits per heavy atom. The molecule has 21 heavy (non-hydrogen) atoms. The maximum Gasteiger partial charge on any atom is 0.163 e. The fourth-order valence-electron chi connectivity index (χ4n) is 3.96. The molecule has 2 atom stereocenters. The molecule has 1 aromatic heterocycles. The number of hydrogen-bond acceptors (Lipinski definition) is 2. The van der Waals surface area contributed by atoms with E-state index in [1.54, 1.807) is 6.92 Å². The number of carbonyl (C=O) groups is 1. The first-order valence-electron chi connectivity index (χ1n) is 7.79. The van der Waals surface area contributed by atoms with Crippen molar-refractivity contribution in [1.29, 1.82) is 0 Å². The van der Waals surface area contributed by atoms with Gasteiger partial charge in [0.1, 0.15) is 11.5 Å². The van der Waals surface area contributed by atoms with E-state index in [4.69, 9.17) is 4.42 Å². The van der Waals surface area contributed by atoms with Gasteiger partial charge in [0, 0.05) is 5.41 Å². The predicted molar refractivity (Wildman–Crippen MR) is 81.7 cm³/mol. The van der Waals surface area contributed by atoms with Crippen molar-refractivity contribution in [3.05, 3.63) is 59.0 Å². The van der Waals surface area contributed by atoms with Gasteiger partial charge in [-0.25, -0.2) is 0 Å². The Morgan fingerprint density at radius 1 is 1.24 bits per heavy atom. The summed E-state index contributed by atoms with van der Waals surface area (Å²) in [6.07, 6.45) is 3.74. The predicted octanol–water partition coefficient (Wildman–Crippen LogP) is 4.63. The van der Waals surface area contributed by atoms with Gasteiger partial charge in [0.25, 0.3) is 0 Å². The van der Waals surface area contributed by atoms with Crippen LogP contribution < -0.4 is 0 Å². The minimum Gasteiger partial charge on any atom is -0.465 e. The number of hydrogen-bond donors (Lipinski definition) is 0. The number of rotatable bonds is 4. The maximum atomic E-state index is 11.7. The summed E-state index contributed by atoms with van der Waals surface area (Å²) in [5.74, 6) is 3.20. The summed E-state index contributed by atoms with van der Waals surface area (Å²) in [4.78, 5) is 11.7. The van der Waals surface area contributed by atoms with Crippen LogP contribution in [0.15, 0.2) is 40.8 Å². The van der Waals surface area contributed by atoms with Crippen molar-refractivity contribution in [2.45, 2.75) is 44.4 Å². The van der Waals surface area contributed by atoms with E-state index in [9.17, 15) is 4.79 Å². The lowest BCUT2D eigenvalue weighted by Gasteiger charge is -2.14. The second kappa shape index (κ2) is 4.33. The first kappa shape index (κ1) is 12.9. The monoisotopic (exact) mass is 280 g/mol. The Hall–Kier alpha value is -1.83. The van der Waals surface area contributed by atoms with Crippen LogP contribution in [0.1, 0.15) is 59.5 Å². The highest BCUT2D eigenvalue weighted by atomic mass is 16.3. The number of furan rings is 1. The summed E-state index contributed by atoms with van der Waals surface area (Å²) < 4.78 is 6.04. The second-order valence-electron chi connectivity index (χ2n) is 6.62. The summed E-state index contributed by atoms with van der Waals surface area (Å²) in [5, 5.41) is 0. The van der Waals surface area contributed by atoms with Gasteiger partial charge in [-0.15, -0.1) is 0 Å². The fourth-order valence-corrected chi connectivity index (χ4v) is 3.96. The highest BCUT2D eigenvalue weighted by Crippen LogP contribution is 2.70. The number of ketones is 1. The zero-order valence-electron chi connectivity index (χ0n) is 12.6. The van der Waals surface area contributed by atoms with Crippen molar-refractivity contribution in [3.63, 3.8) is 0 Å². The van der Waals surface area contributed by atoms with Crippen LogP contribution in [0.2, 0.25) is 0 Å². The third kappa shape index (κ3) is 1.89. The summed E-state index contributed by atoms with van der Waals surface area (Å²) >= 11 is 0. The van der Waals surface area contributed by atoms with E-state index in [1.165, 1.54) is 18.4 Å². The average Bonchev–Trinajstić information content (AvgIpc) is 3.36. The molecule has 0 unspecified atom stereocenters. The Labute approximate surface area is 125 Å². The molecular weight excluding hydrogens is 260 g/mol. The Bertz CT molecular complexity index is 694. The smallest absolute Gasteiger partial charge is 0.163 e. The van der Waals surface area contributed by atoms with Crippen molar-refractivity contribution in [3.8, 4) is 0 Å². The molecule has 0 saturated heterocycles. The first-order chi connectivity index (χ1) is 10.1. The van der Waals surface area contributed by atoms with Gasteiger partial charge in [-0.1, -0.05) is 30.3 Å². The minimum absolute atomic E-state index is 0.102. The molecule has 0 aliphatic heterocycles. The Kier molecular flexibility index (Phi) is 2.66. The van der Waals surface area contributed by atoms with E-state index < -0.39 is 0 Å². The quantitative estimate of drug-likeness (QED) is 0.765. The topological polar surface area (TPSA) is 30.2 Å². The van der Waals surface area contributed by atoms with Gasteiger partial charge in [-0.05, 0) is 56.6 Å². The van der Waals surface area contributed by atoms with E-state index in [1.807, 2.05) is 13.0 Å². The minimum atomic E-state index is 0.102. The average molecular weight is 280 g/mol. The molecule has 0 N–H and O–H groups in total. The van der Waals surface area contributed by atoms with Gasteiger partial charge in [-0.3, -0.25) is 4.79 Å². The zero-order valence-corrected chi connectivity index (χ0v) is 12.6. The molecule has 0 amide bonds. The Balaban J connectivity index is 1.74. The molecular formula is C19H20O2. The standard InChI is InChI=1S/C19H20O2/c1-12(20)16-10-18(21-13(16)2)19(15-8-9-15)11-17(19)14-6-4-3-5-7-14/h3-7,10,15,17H,8-9,11H2,1-2H3/t17-,19+/m0/s1. The fraction of sp³-hybridized carbons (Fsp3) is 0.421. The van der Waals surface area contributed by atoms with Crippen LogP contribution in [-0.4, -0.2) is 5.78 Å². The molecule has 4 rings (SSSR count). The van der Waals surface area contributed by atoms with Gasteiger partial charge in [0.2, 0.25) is 0 Å². The summed E-state index contributed by atoms with van der Waals surface area (Å²) in [7, 11) is 0. The molecule has 2 nitrogen and oxygen atoms in total. The first-order valence-corrected chi connectivity index (χ1v) is 7.79. The van der Waals surface area contributed by atoms with Crippen LogP contribution >= 0.6 is 0 Å². The van der Waals surface area contributed by atoms with Crippen LogP contribution in [0.3, 0.4) is 0 Å². The van der Waals surface area contributed by atoms with E-state index in [2.05, 4.69) is 30.3 Å². The van der Waals surface area contributed by atoms with E-state index in [0.29, 0.717) is 5.92 Å².